The van der Waals surface area contributed by atoms with Gasteiger partial charge in [0, 0.05) is 23.8 Å². The number of likely N-dealkylation sites (tertiary alicyclic amines) is 1. The Kier molecular flexibility index (Phi) is 4.85. The first kappa shape index (κ1) is 20.8. The van der Waals surface area contributed by atoms with Gasteiger partial charge >= 0.3 is 0 Å². The highest BCUT2D eigenvalue weighted by Crippen LogP contribution is 2.53. The predicted molar refractivity (Wildman–Crippen MR) is 128 cm³/mol. The number of rotatable bonds is 5. The minimum Gasteiger partial charge on any atom is -0.324 e. The molecule has 0 aromatic heterocycles. The summed E-state index contributed by atoms with van der Waals surface area (Å²) in [6.45, 7) is 0.312. The summed E-state index contributed by atoms with van der Waals surface area (Å²) >= 11 is 0. The highest BCUT2D eigenvalue weighted by molar-refractivity contribution is 6.15. The van der Waals surface area contributed by atoms with Crippen molar-refractivity contribution in [2.24, 2.45) is 11.8 Å². The van der Waals surface area contributed by atoms with Crippen LogP contribution in [0.2, 0.25) is 0 Å². The molecule has 2 N–H and O–H groups in total. The van der Waals surface area contributed by atoms with Gasteiger partial charge in [-0.2, -0.15) is 0 Å². The number of nitrogens with zero attached hydrogens (tertiary/aromatic N) is 1. The molecule has 34 heavy (non-hydrogen) atoms. The Morgan fingerprint density at radius 2 is 1.41 bits per heavy atom. The van der Waals surface area contributed by atoms with Crippen molar-refractivity contribution in [1.29, 1.82) is 0 Å². The number of carbonyl (C=O) groups excluding carboxylic acids is 3. The van der Waals surface area contributed by atoms with Crippen molar-refractivity contribution in [3.05, 3.63) is 102 Å². The van der Waals surface area contributed by atoms with Crippen molar-refractivity contribution in [2.75, 3.05) is 11.9 Å². The fourth-order valence-electron chi connectivity index (χ4n) is 5.97. The van der Waals surface area contributed by atoms with Gasteiger partial charge in [-0.3, -0.25) is 24.6 Å². The average Bonchev–Trinajstić information content (AvgIpc) is 3.44. The minimum atomic E-state index is -1.24. The van der Waals surface area contributed by atoms with Crippen LogP contribution in [0.3, 0.4) is 0 Å². The topological polar surface area (TPSA) is 78.5 Å². The first-order chi connectivity index (χ1) is 16.6. The summed E-state index contributed by atoms with van der Waals surface area (Å²) in [5, 5.41) is 6.45. The van der Waals surface area contributed by atoms with E-state index in [1.165, 1.54) is 4.90 Å². The molecule has 6 heteroatoms. The first-order valence-corrected chi connectivity index (χ1v) is 11.7. The Bertz CT molecular complexity index is 1280. The third kappa shape index (κ3) is 3.02. The molecule has 3 aliphatic rings. The van der Waals surface area contributed by atoms with Crippen LogP contribution < -0.4 is 10.6 Å². The van der Waals surface area contributed by atoms with E-state index in [2.05, 4.69) is 10.6 Å². The van der Waals surface area contributed by atoms with Crippen LogP contribution in [0.15, 0.2) is 84.9 Å². The molecule has 3 aromatic carbocycles. The smallest absolute Gasteiger partial charge is 0.250 e. The van der Waals surface area contributed by atoms with E-state index >= 15 is 0 Å². The van der Waals surface area contributed by atoms with Gasteiger partial charge < -0.3 is 5.32 Å². The van der Waals surface area contributed by atoms with Gasteiger partial charge in [-0.15, -0.1) is 0 Å². The van der Waals surface area contributed by atoms with Crippen LogP contribution in [-0.2, 0) is 32.8 Å². The summed E-state index contributed by atoms with van der Waals surface area (Å²) in [7, 11) is 0. The summed E-state index contributed by atoms with van der Waals surface area (Å²) in [6.07, 6.45) is 1.15. The molecule has 0 radical (unpaired) electrons. The lowest BCUT2D eigenvalue weighted by atomic mass is 9.76. The molecule has 0 saturated carbocycles. The second-order valence-corrected chi connectivity index (χ2v) is 9.32. The van der Waals surface area contributed by atoms with Gasteiger partial charge in [0.25, 0.3) is 0 Å². The second-order valence-electron chi connectivity index (χ2n) is 9.32. The molecule has 3 aromatic rings. The Labute approximate surface area is 198 Å². The maximum atomic E-state index is 13.8. The Balaban J connectivity index is 1.39. The summed E-state index contributed by atoms with van der Waals surface area (Å²) in [4.78, 5) is 42.4. The number of nitrogens with one attached hydrogen (secondary N) is 2. The van der Waals surface area contributed by atoms with E-state index in [1.807, 2.05) is 84.9 Å². The quantitative estimate of drug-likeness (QED) is 0.585. The van der Waals surface area contributed by atoms with Crippen molar-refractivity contribution in [3.63, 3.8) is 0 Å². The van der Waals surface area contributed by atoms with E-state index in [-0.39, 0.29) is 23.8 Å². The maximum Gasteiger partial charge on any atom is 0.250 e. The third-order valence-corrected chi connectivity index (χ3v) is 7.48. The highest BCUT2D eigenvalue weighted by Gasteiger charge is 2.70. The number of hydrogen-bond donors (Lipinski definition) is 2. The second kappa shape index (κ2) is 7.92. The Hall–Kier alpha value is -3.77. The summed E-state index contributed by atoms with van der Waals surface area (Å²) < 4.78 is 0. The lowest BCUT2D eigenvalue weighted by Crippen LogP contribution is -2.53. The van der Waals surface area contributed by atoms with Gasteiger partial charge in [-0.05, 0) is 30.0 Å². The van der Waals surface area contributed by atoms with Crippen LogP contribution >= 0.6 is 0 Å². The van der Waals surface area contributed by atoms with Crippen LogP contribution in [0, 0.1) is 11.8 Å². The third-order valence-electron chi connectivity index (χ3n) is 7.48. The summed E-state index contributed by atoms with van der Waals surface area (Å²) in [6, 6.07) is 26.9. The highest BCUT2D eigenvalue weighted by atomic mass is 16.2. The van der Waals surface area contributed by atoms with Crippen LogP contribution in [0.4, 0.5) is 5.69 Å². The number of para-hydroxylation sites is 1. The van der Waals surface area contributed by atoms with Crippen molar-refractivity contribution < 1.29 is 14.4 Å². The van der Waals surface area contributed by atoms with E-state index in [9.17, 15) is 14.4 Å². The monoisotopic (exact) mass is 451 g/mol. The lowest BCUT2D eigenvalue weighted by Gasteiger charge is -2.29. The van der Waals surface area contributed by atoms with Crippen LogP contribution in [0.5, 0.6) is 0 Å². The zero-order valence-electron chi connectivity index (χ0n) is 18.6. The largest absolute Gasteiger partial charge is 0.324 e. The molecule has 0 aliphatic carbocycles. The molecule has 6 nitrogen and oxygen atoms in total. The molecular weight excluding hydrogens is 426 g/mol. The minimum absolute atomic E-state index is 0.187. The zero-order valence-corrected chi connectivity index (χ0v) is 18.6. The number of fused-ring (bicyclic) bond motifs is 4. The Morgan fingerprint density at radius 1 is 0.765 bits per heavy atom. The first-order valence-electron chi connectivity index (χ1n) is 11.7. The number of carbonyl (C=O) groups is 3. The standard InChI is InChI=1S/C28H25N3O3/c32-25-23-22(17-19-11-5-2-6-12-19)30-28(20-13-7-8-14-21(20)29-27(28)34)24(23)26(33)31(25)16-15-18-9-3-1-4-10-18/h1-14,22-24,30H,15-17H2,(H,29,34)/t22-,23-,24+,28+/m1/s1. The molecule has 6 rings (SSSR count). The number of anilines is 1. The van der Waals surface area contributed by atoms with Gasteiger partial charge in [-0.1, -0.05) is 78.9 Å². The van der Waals surface area contributed by atoms with Crippen LogP contribution in [0.1, 0.15) is 16.7 Å². The number of hydrogen-bond acceptors (Lipinski definition) is 4. The molecule has 2 fully saturated rings. The van der Waals surface area contributed by atoms with Gasteiger partial charge in [0.1, 0.15) is 5.54 Å². The number of benzene rings is 3. The molecule has 4 atom stereocenters. The normalized spacial score (nSPS) is 27.2. The molecule has 2 saturated heterocycles. The Morgan fingerprint density at radius 3 is 2.15 bits per heavy atom. The van der Waals surface area contributed by atoms with Crippen molar-refractivity contribution in [1.82, 2.24) is 10.2 Å². The van der Waals surface area contributed by atoms with Crippen LogP contribution in [0.25, 0.3) is 0 Å². The van der Waals surface area contributed by atoms with Crippen molar-refractivity contribution in [2.45, 2.75) is 24.4 Å². The summed E-state index contributed by atoms with van der Waals surface area (Å²) in [5.74, 6) is -2.08. The number of imide groups is 1. The summed E-state index contributed by atoms with van der Waals surface area (Å²) in [5.41, 5.74) is 2.33. The van der Waals surface area contributed by atoms with Gasteiger partial charge in [-0.25, -0.2) is 0 Å². The van der Waals surface area contributed by atoms with Crippen molar-refractivity contribution >= 4 is 23.4 Å². The predicted octanol–water partition coefficient (Wildman–Crippen LogP) is 2.89. The van der Waals surface area contributed by atoms with Gasteiger partial charge in [0.2, 0.25) is 17.7 Å². The van der Waals surface area contributed by atoms with E-state index in [0.717, 1.165) is 16.7 Å². The SMILES string of the molecule is O=C1[C@H]2[C@@H](C(=O)N1CCc1ccccc1)[C@]1(N[C@@H]2Cc2ccccc2)C(=O)Nc2ccccc21. The molecule has 3 heterocycles. The van der Waals surface area contributed by atoms with Crippen LogP contribution in [-0.4, -0.2) is 35.2 Å². The van der Waals surface area contributed by atoms with Gasteiger partial charge in [0.15, 0.2) is 0 Å². The van der Waals surface area contributed by atoms with Crippen molar-refractivity contribution in [3.8, 4) is 0 Å². The molecule has 1 spiro atoms. The number of amides is 3. The van der Waals surface area contributed by atoms with E-state index in [1.54, 1.807) is 0 Å². The molecule has 170 valence electrons. The average molecular weight is 452 g/mol. The maximum absolute atomic E-state index is 13.8. The molecule has 3 aliphatic heterocycles. The van der Waals surface area contributed by atoms with E-state index in [0.29, 0.717) is 25.1 Å². The lowest BCUT2D eigenvalue weighted by molar-refractivity contribution is -0.142. The fourth-order valence-corrected chi connectivity index (χ4v) is 5.97. The molecular formula is C28H25N3O3. The molecule has 3 amide bonds. The molecule has 0 unspecified atom stereocenters. The molecule has 0 bridgehead atoms. The van der Waals surface area contributed by atoms with E-state index in [4.69, 9.17) is 0 Å². The van der Waals surface area contributed by atoms with E-state index < -0.39 is 17.4 Å². The fraction of sp³-hybridized carbons (Fsp3) is 0.250. The van der Waals surface area contributed by atoms with Gasteiger partial charge in [0.05, 0.1) is 11.8 Å². The zero-order chi connectivity index (χ0) is 23.3.